The molecule has 0 aliphatic carbocycles. The predicted molar refractivity (Wildman–Crippen MR) is 134 cm³/mol. The summed E-state index contributed by atoms with van der Waals surface area (Å²) in [5.74, 6) is 0.211. The summed E-state index contributed by atoms with van der Waals surface area (Å²) in [4.78, 5) is 29.3. The number of aromatic nitrogens is 3. The molecule has 0 aliphatic rings. The number of ether oxygens (including phenoxy) is 5. The minimum atomic E-state index is -0.538. The number of carbonyl (C=O) groups excluding carboxylic acids is 2. The third kappa shape index (κ3) is 6.02. The molecule has 37 heavy (non-hydrogen) atoms. The van der Waals surface area contributed by atoms with Crippen LogP contribution in [0, 0.1) is 0 Å². The van der Waals surface area contributed by atoms with Crippen molar-refractivity contribution in [2.75, 3.05) is 46.7 Å². The second-order valence-electron chi connectivity index (χ2n) is 7.68. The third-order valence-electron chi connectivity index (χ3n) is 5.35. The number of hydrogen-bond donors (Lipinski definition) is 1. The van der Waals surface area contributed by atoms with Crippen LogP contribution in [0.1, 0.15) is 20.8 Å². The van der Waals surface area contributed by atoms with Gasteiger partial charge in [-0.25, -0.2) is 14.3 Å². The first-order valence-corrected chi connectivity index (χ1v) is 11.3. The number of esters is 1. The van der Waals surface area contributed by atoms with Gasteiger partial charge in [-0.15, -0.1) is 0 Å². The summed E-state index contributed by atoms with van der Waals surface area (Å²) in [5.41, 5.74) is 3.03. The molecule has 0 atom stereocenters. The van der Waals surface area contributed by atoms with Crippen molar-refractivity contribution in [2.24, 2.45) is 0 Å². The number of rotatable bonds is 11. The molecule has 2 aromatic heterocycles. The van der Waals surface area contributed by atoms with Gasteiger partial charge in [0.2, 0.25) is 0 Å². The van der Waals surface area contributed by atoms with Crippen molar-refractivity contribution in [3.63, 3.8) is 0 Å². The molecule has 0 spiro atoms. The van der Waals surface area contributed by atoms with E-state index >= 15 is 0 Å². The molecule has 192 valence electrons. The zero-order valence-electron chi connectivity index (χ0n) is 20.6. The second-order valence-corrected chi connectivity index (χ2v) is 7.68. The molecule has 0 saturated heterocycles. The molecule has 2 aromatic carbocycles. The zero-order chi connectivity index (χ0) is 26.2. The molecule has 4 aromatic rings. The van der Waals surface area contributed by atoms with Gasteiger partial charge >= 0.3 is 5.97 Å². The fourth-order valence-electron chi connectivity index (χ4n) is 3.48. The van der Waals surface area contributed by atoms with E-state index in [2.05, 4.69) is 15.4 Å². The Morgan fingerprint density at radius 1 is 0.919 bits per heavy atom. The van der Waals surface area contributed by atoms with E-state index in [0.717, 1.165) is 11.3 Å². The lowest BCUT2D eigenvalue weighted by Gasteiger charge is -2.10. The van der Waals surface area contributed by atoms with Gasteiger partial charge in [0.25, 0.3) is 5.91 Å². The zero-order valence-corrected chi connectivity index (χ0v) is 20.6. The molecule has 2 heterocycles. The van der Waals surface area contributed by atoms with Crippen molar-refractivity contribution in [2.45, 2.75) is 0 Å². The fraction of sp³-hybridized carbons (Fsp3) is 0.231. The topological polar surface area (TPSA) is 123 Å². The van der Waals surface area contributed by atoms with Crippen LogP contribution in [0.5, 0.6) is 11.5 Å². The third-order valence-corrected chi connectivity index (χ3v) is 5.35. The first-order chi connectivity index (χ1) is 18.0. The highest BCUT2D eigenvalue weighted by Gasteiger charge is 2.16. The summed E-state index contributed by atoms with van der Waals surface area (Å²) in [7, 11) is 4.69. The number of benzene rings is 2. The molecule has 0 bridgehead atoms. The van der Waals surface area contributed by atoms with Crippen LogP contribution in [0.3, 0.4) is 0 Å². The normalized spacial score (nSPS) is 10.8. The maximum absolute atomic E-state index is 12.9. The second kappa shape index (κ2) is 12.0. The lowest BCUT2D eigenvalue weighted by molar-refractivity contribution is -0.0435. The van der Waals surface area contributed by atoms with E-state index in [4.69, 9.17) is 23.7 Å². The van der Waals surface area contributed by atoms with E-state index in [-0.39, 0.29) is 12.5 Å². The molecule has 0 aliphatic heterocycles. The minimum Gasteiger partial charge on any atom is -0.493 e. The van der Waals surface area contributed by atoms with Gasteiger partial charge in [0, 0.05) is 30.6 Å². The Kier molecular flexibility index (Phi) is 8.29. The van der Waals surface area contributed by atoms with Gasteiger partial charge in [0.15, 0.2) is 29.6 Å². The standard InChI is InChI=1S/C26H26N4O7/c1-33-12-13-36-16-37-26(32)17-4-7-19(8-5-17)28-25(31)20-15-24-27-11-10-21(30(24)29-20)18-6-9-22(34-2)23(14-18)35-3/h4-11,14-15H,12-13,16H2,1-3H3,(H,28,31). The fourth-order valence-corrected chi connectivity index (χ4v) is 3.48. The van der Waals surface area contributed by atoms with Gasteiger partial charge < -0.3 is 29.0 Å². The van der Waals surface area contributed by atoms with Crippen LogP contribution in [-0.4, -0.2) is 67.8 Å². The number of fused-ring (bicyclic) bond motifs is 1. The molecule has 0 radical (unpaired) electrons. The predicted octanol–water partition coefficient (Wildman–Crippen LogP) is 3.44. The molecule has 0 saturated carbocycles. The SMILES string of the molecule is COCCOCOC(=O)c1ccc(NC(=O)c2cc3nccc(-c4ccc(OC)c(OC)c4)n3n2)cc1. The van der Waals surface area contributed by atoms with Crippen LogP contribution in [0.2, 0.25) is 0 Å². The minimum absolute atomic E-state index is 0.173. The molecule has 11 nitrogen and oxygen atoms in total. The van der Waals surface area contributed by atoms with Crippen LogP contribution < -0.4 is 14.8 Å². The van der Waals surface area contributed by atoms with Crippen LogP contribution in [0.15, 0.2) is 60.8 Å². The van der Waals surface area contributed by atoms with Gasteiger partial charge in [0.1, 0.15) is 0 Å². The highest BCUT2D eigenvalue weighted by atomic mass is 16.7. The Balaban J connectivity index is 1.46. The highest BCUT2D eigenvalue weighted by Crippen LogP contribution is 2.32. The maximum Gasteiger partial charge on any atom is 0.340 e. The summed E-state index contributed by atoms with van der Waals surface area (Å²) in [5, 5.41) is 7.23. The molecule has 1 N–H and O–H groups in total. The number of anilines is 1. The van der Waals surface area contributed by atoms with Gasteiger partial charge in [-0.3, -0.25) is 4.79 Å². The summed E-state index contributed by atoms with van der Waals surface area (Å²) in [6, 6.07) is 15.2. The van der Waals surface area contributed by atoms with Crippen molar-refractivity contribution in [3.8, 4) is 22.8 Å². The van der Waals surface area contributed by atoms with Crippen molar-refractivity contribution in [1.29, 1.82) is 0 Å². The number of nitrogens with one attached hydrogen (secondary N) is 1. The van der Waals surface area contributed by atoms with E-state index in [9.17, 15) is 9.59 Å². The number of nitrogens with zero attached hydrogens (tertiary/aromatic N) is 3. The number of hydrogen-bond acceptors (Lipinski definition) is 9. The molecular formula is C26H26N4O7. The molecule has 0 unspecified atom stereocenters. The molecule has 1 amide bonds. The number of methoxy groups -OCH3 is 3. The van der Waals surface area contributed by atoms with Crippen molar-refractivity contribution >= 4 is 23.2 Å². The number of amides is 1. The summed E-state index contributed by atoms with van der Waals surface area (Å²) in [6.45, 7) is 0.558. The van der Waals surface area contributed by atoms with E-state index in [1.54, 1.807) is 74.5 Å². The van der Waals surface area contributed by atoms with Crippen LogP contribution in [0.25, 0.3) is 16.9 Å². The van der Waals surface area contributed by atoms with Crippen LogP contribution in [0.4, 0.5) is 5.69 Å². The Labute approximate surface area is 212 Å². The molecule has 0 fully saturated rings. The van der Waals surface area contributed by atoms with E-state index < -0.39 is 11.9 Å². The van der Waals surface area contributed by atoms with Gasteiger partial charge in [-0.2, -0.15) is 5.10 Å². The highest BCUT2D eigenvalue weighted by molar-refractivity contribution is 6.03. The number of carbonyl (C=O) groups is 2. The van der Waals surface area contributed by atoms with E-state index in [1.807, 2.05) is 12.1 Å². The summed E-state index contributed by atoms with van der Waals surface area (Å²) >= 11 is 0. The Morgan fingerprint density at radius 2 is 1.70 bits per heavy atom. The van der Waals surface area contributed by atoms with Gasteiger partial charge in [-0.05, 0) is 48.5 Å². The first kappa shape index (κ1) is 25.6. The van der Waals surface area contributed by atoms with Crippen LogP contribution >= 0.6 is 0 Å². The monoisotopic (exact) mass is 506 g/mol. The lowest BCUT2D eigenvalue weighted by Crippen LogP contribution is -2.13. The summed E-state index contributed by atoms with van der Waals surface area (Å²) in [6.07, 6.45) is 1.64. The quantitative estimate of drug-likeness (QED) is 0.185. The van der Waals surface area contributed by atoms with E-state index in [1.165, 1.54) is 0 Å². The Morgan fingerprint density at radius 3 is 2.43 bits per heavy atom. The first-order valence-electron chi connectivity index (χ1n) is 11.3. The largest absolute Gasteiger partial charge is 0.493 e. The lowest BCUT2D eigenvalue weighted by atomic mass is 10.1. The molecule has 4 rings (SSSR count). The van der Waals surface area contributed by atoms with E-state index in [0.29, 0.717) is 41.6 Å². The van der Waals surface area contributed by atoms with Crippen molar-refractivity contribution in [3.05, 3.63) is 72.1 Å². The molecule has 11 heteroatoms. The van der Waals surface area contributed by atoms with Crippen molar-refractivity contribution < 1.29 is 33.3 Å². The van der Waals surface area contributed by atoms with Crippen molar-refractivity contribution in [1.82, 2.24) is 14.6 Å². The van der Waals surface area contributed by atoms with Gasteiger partial charge in [-0.1, -0.05) is 0 Å². The maximum atomic E-state index is 12.9. The van der Waals surface area contributed by atoms with Gasteiger partial charge in [0.05, 0.1) is 38.7 Å². The van der Waals surface area contributed by atoms with Crippen LogP contribution in [-0.2, 0) is 14.2 Å². The average Bonchev–Trinajstić information content (AvgIpc) is 3.38. The summed E-state index contributed by atoms with van der Waals surface area (Å²) < 4.78 is 27.3. The Bertz CT molecular complexity index is 1390. The average molecular weight is 507 g/mol. The Hall–Kier alpha value is -4.48. The smallest absolute Gasteiger partial charge is 0.340 e. The molecular weight excluding hydrogens is 480 g/mol.